The number of aromatic nitrogens is 5. The molecule has 0 unspecified atom stereocenters. The zero-order chi connectivity index (χ0) is 17.2. The van der Waals surface area contributed by atoms with Crippen molar-refractivity contribution in [3.8, 4) is 11.4 Å². The van der Waals surface area contributed by atoms with Crippen LogP contribution in [0.2, 0.25) is 25.7 Å². The summed E-state index contributed by atoms with van der Waals surface area (Å²) in [6.07, 6.45) is 6.12. The molecule has 24 heavy (non-hydrogen) atoms. The van der Waals surface area contributed by atoms with Crippen molar-refractivity contribution in [3.63, 3.8) is 0 Å². The maximum absolute atomic E-state index is 13.7. The van der Waals surface area contributed by atoms with Crippen molar-refractivity contribution < 1.29 is 9.13 Å². The molecule has 0 amide bonds. The maximum atomic E-state index is 13.7. The van der Waals surface area contributed by atoms with Crippen molar-refractivity contribution in [3.05, 3.63) is 36.8 Å². The minimum atomic E-state index is -1.09. The van der Waals surface area contributed by atoms with E-state index < -0.39 is 14.0 Å². The second-order valence-electron chi connectivity index (χ2n) is 6.79. The summed E-state index contributed by atoms with van der Waals surface area (Å²) in [5.74, 6) is -0.653. The van der Waals surface area contributed by atoms with Crippen LogP contribution >= 0.6 is 0 Å². The van der Waals surface area contributed by atoms with Crippen LogP contribution in [0, 0.1) is 5.95 Å². The van der Waals surface area contributed by atoms with E-state index in [0.29, 0.717) is 23.6 Å². The van der Waals surface area contributed by atoms with Gasteiger partial charge in [0.05, 0.1) is 6.20 Å². The van der Waals surface area contributed by atoms with Crippen LogP contribution in [0.4, 0.5) is 4.39 Å². The Morgan fingerprint density at radius 1 is 1.17 bits per heavy atom. The molecule has 6 nitrogen and oxygen atoms in total. The molecule has 0 radical (unpaired) electrons. The van der Waals surface area contributed by atoms with E-state index in [0.717, 1.165) is 12.7 Å². The number of hydrogen-bond acceptors (Lipinski definition) is 5. The molecule has 3 heterocycles. The van der Waals surface area contributed by atoms with E-state index in [1.165, 1.54) is 18.6 Å². The zero-order valence-corrected chi connectivity index (χ0v) is 15.0. The lowest BCUT2D eigenvalue weighted by molar-refractivity contribution is 0.0899. The highest BCUT2D eigenvalue weighted by atomic mass is 28.3. The summed E-state index contributed by atoms with van der Waals surface area (Å²) in [6.45, 7) is 8.13. The average Bonchev–Trinajstić information content (AvgIpc) is 2.93. The molecular formula is C16H20FN5OSi. The van der Waals surface area contributed by atoms with Crippen LogP contribution in [0.25, 0.3) is 22.6 Å². The van der Waals surface area contributed by atoms with Crippen LogP contribution < -0.4 is 0 Å². The fourth-order valence-electron chi connectivity index (χ4n) is 2.21. The van der Waals surface area contributed by atoms with Gasteiger partial charge in [0.25, 0.3) is 0 Å². The quantitative estimate of drug-likeness (QED) is 0.506. The summed E-state index contributed by atoms with van der Waals surface area (Å²) in [7, 11) is -1.09. The summed E-state index contributed by atoms with van der Waals surface area (Å²) in [5.41, 5.74) is 1.85. The van der Waals surface area contributed by atoms with E-state index >= 15 is 0 Å². The third-order valence-corrected chi connectivity index (χ3v) is 5.29. The molecule has 0 aliphatic carbocycles. The van der Waals surface area contributed by atoms with Crippen molar-refractivity contribution in [2.75, 3.05) is 6.61 Å². The minimum Gasteiger partial charge on any atom is -0.361 e. The Morgan fingerprint density at radius 3 is 2.71 bits per heavy atom. The van der Waals surface area contributed by atoms with Crippen LogP contribution in [0.15, 0.2) is 30.9 Å². The summed E-state index contributed by atoms with van der Waals surface area (Å²) >= 11 is 0. The molecule has 3 rings (SSSR count). The van der Waals surface area contributed by atoms with Gasteiger partial charge in [0.15, 0.2) is 5.65 Å². The first-order valence-corrected chi connectivity index (χ1v) is 11.5. The lowest BCUT2D eigenvalue weighted by Gasteiger charge is -2.15. The normalized spacial score (nSPS) is 12.0. The molecule has 0 N–H and O–H groups in total. The van der Waals surface area contributed by atoms with Crippen molar-refractivity contribution in [2.24, 2.45) is 0 Å². The lowest BCUT2D eigenvalue weighted by Crippen LogP contribution is -2.22. The van der Waals surface area contributed by atoms with Gasteiger partial charge in [0.2, 0.25) is 5.95 Å². The molecule has 8 heteroatoms. The smallest absolute Gasteiger partial charge is 0.241 e. The Morgan fingerprint density at radius 2 is 1.96 bits per heavy atom. The van der Waals surface area contributed by atoms with E-state index in [1.54, 1.807) is 0 Å². The highest BCUT2D eigenvalue weighted by molar-refractivity contribution is 6.76. The minimum absolute atomic E-state index is 0.103. The third kappa shape index (κ3) is 3.82. The fraction of sp³-hybridized carbons (Fsp3) is 0.375. The Balaban J connectivity index is 1.76. The molecule has 0 aromatic carbocycles. The van der Waals surface area contributed by atoms with Gasteiger partial charge in [-0.1, -0.05) is 19.6 Å². The second kappa shape index (κ2) is 6.74. The van der Waals surface area contributed by atoms with Gasteiger partial charge in [-0.2, -0.15) is 4.39 Å². The average molecular weight is 345 g/mol. The molecular weight excluding hydrogens is 325 g/mol. The van der Waals surface area contributed by atoms with Crippen LogP contribution in [-0.2, 0) is 11.5 Å². The first-order chi connectivity index (χ1) is 11.4. The van der Waals surface area contributed by atoms with Crippen molar-refractivity contribution in [2.45, 2.75) is 32.4 Å². The predicted octanol–water partition coefficient (Wildman–Crippen LogP) is 3.34. The second-order valence-corrected chi connectivity index (χ2v) is 12.4. The van der Waals surface area contributed by atoms with Gasteiger partial charge in [-0.25, -0.2) is 19.9 Å². The standard InChI is InChI=1S/C16H20FN5OSi/c1-24(2,3)9-8-23-11-22-7-4-12-16(22)20-10-13(21-12)14-15(17)19-6-5-18-14/h4-7,10H,8-9,11H2,1-3H3. The maximum Gasteiger partial charge on any atom is 0.241 e. The van der Waals surface area contributed by atoms with Gasteiger partial charge in [-0.05, 0) is 12.1 Å². The van der Waals surface area contributed by atoms with Gasteiger partial charge in [-0.15, -0.1) is 0 Å². The van der Waals surface area contributed by atoms with E-state index in [9.17, 15) is 4.39 Å². The highest BCUT2D eigenvalue weighted by Gasteiger charge is 2.13. The van der Waals surface area contributed by atoms with Crippen molar-refractivity contribution in [1.29, 1.82) is 0 Å². The Hall–Kier alpha value is -2.19. The summed E-state index contributed by atoms with van der Waals surface area (Å²) in [4.78, 5) is 16.4. The topological polar surface area (TPSA) is 65.7 Å². The number of ether oxygens (including phenoxy) is 1. The molecule has 126 valence electrons. The van der Waals surface area contributed by atoms with Crippen LogP contribution in [0.3, 0.4) is 0 Å². The SMILES string of the molecule is C[Si](C)(C)CCOCn1ccc2nc(-c3nccnc3F)cnc21. The van der Waals surface area contributed by atoms with Crippen molar-refractivity contribution in [1.82, 2.24) is 24.5 Å². The summed E-state index contributed by atoms with van der Waals surface area (Å²) in [6, 6.07) is 2.95. The number of fused-ring (bicyclic) bond motifs is 1. The molecule has 0 aliphatic heterocycles. The van der Waals surface area contributed by atoms with Gasteiger partial charge < -0.3 is 9.30 Å². The first-order valence-electron chi connectivity index (χ1n) is 7.80. The molecule has 0 bridgehead atoms. The summed E-state index contributed by atoms with van der Waals surface area (Å²) in [5, 5.41) is 0. The molecule has 0 aliphatic rings. The number of rotatable bonds is 6. The molecule has 0 saturated heterocycles. The molecule has 0 spiro atoms. The molecule has 0 atom stereocenters. The van der Waals surface area contributed by atoms with Crippen LogP contribution in [-0.4, -0.2) is 39.2 Å². The van der Waals surface area contributed by atoms with E-state index in [1.807, 2.05) is 16.8 Å². The Kier molecular flexibility index (Phi) is 4.68. The number of hydrogen-bond donors (Lipinski definition) is 0. The lowest BCUT2D eigenvalue weighted by atomic mass is 10.3. The van der Waals surface area contributed by atoms with Gasteiger partial charge in [0.1, 0.15) is 23.6 Å². The zero-order valence-electron chi connectivity index (χ0n) is 14.0. The van der Waals surface area contributed by atoms with Crippen LogP contribution in [0.5, 0.6) is 0 Å². The fourth-order valence-corrected chi connectivity index (χ4v) is 2.97. The van der Waals surface area contributed by atoms with Crippen molar-refractivity contribution >= 4 is 19.2 Å². The Labute approximate surface area is 140 Å². The molecule has 0 saturated carbocycles. The van der Waals surface area contributed by atoms with Gasteiger partial charge in [0, 0.05) is 33.3 Å². The Bertz CT molecular complexity index is 846. The summed E-state index contributed by atoms with van der Waals surface area (Å²) < 4.78 is 21.4. The molecule has 0 fully saturated rings. The predicted molar refractivity (Wildman–Crippen MR) is 92.6 cm³/mol. The highest BCUT2D eigenvalue weighted by Crippen LogP contribution is 2.19. The van der Waals surface area contributed by atoms with Crippen LogP contribution in [0.1, 0.15) is 0 Å². The first kappa shape index (κ1) is 16.7. The van der Waals surface area contributed by atoms with Gasteiger partial charge in [-0.3, -0.25) is 0 Å². The number of halogens is 1. The van der Waals surface area contributed by atoms with E-state index in [2.05, 4.69) is 39.6 Å². The molecule has 3 aromatic rings. The molecule has 3 aromatic heterocycles. The van der Waals surface area contributed by atoms with E-state index in [4.69, 9.17) is 4.74 Å². The van der Waals surface area contributed by atoms with E-state index in [-0.39, 0.29) is 5.69 Å². The largest absolute Gasteiger partial charge is 0.361 e. The van der Waals surface area contributed by atoms with Gasteiger partial charge >= 0.3 is 0 Å². The number of nitrogens with zero attached hydrogens (tertiary/aromatic N) is 5. The third-order valence-electron chi connectivity index (χ3n) is 3.59. The monoisotopic (exact) mass is 345 g/mol.